The van der Waals surface area contributed by atoms with Crippen LogP contribution in [-0.4, -0.2) is 16.3 Å². The number of aromatic nitrogens is 1. The van der Waals surface area contributed by atoms with Crippen molar-refractivity contribution in [3.8, 4) is 0 Å². The molecular formula is C20H19F3N4OS. The third-order valence-electron chi connectivity index (χ3n) is 4.22. The number of allylic oxidation sites excluding steroid dienone is 1. The minimum atomic E-state index is -4.39. The quantitative estimate of drug-likeness (QED) is 0.428. The van der Waals surface area contributed by atoms with Crippen LogP contribution in [0.4, 0.5) is 13.2 Å². The Morgan fingerprint density at radius 1 is 1.28 bits per heavy atom. The van der Waals surface area contributed by atoms with Gasteiger partial charge in [-0.25, -0.2) is 0 Å². The zero-order valence-corrected chi connectivity index (χ0v) is 16.3. The van der Waals surface area contributed by atoms with E-state index in [1.807, 2.05) is 25.1 Å². The van der Waals surface area contributed by atoms with Gasteiger partial charge in [-0.15, -0.1) is 0 Å². The van der Waals surface area contributed by atoms with Crippen LogP contribution < -0.4 is 10.7 Å². The van der Waals surface area contributed by atoms with Gasteiger partial charge in [0, 0.05) is 12.1 Å². The van der Waals surface area contributed by atoms with Crippen molar-refractivity contribution in [3.05, 3.63) is 77.3 Å². The lowest BCUT2D eigenvalue weighted by Crippen LogP contribution is -2.31. The first-order chi connectivity index (χ1) is 13.8. The number of pyridine rings is 1. The molecule has 1 aliphatic rings. The van der Waals surface area contributed by atoms with Crippen molar-refractivity contribution in [2.45, 2.75) is 25.7 Å². The van der Waals surface area contributed by atoms with Gasteiger partial charge in [-0.3, -0.25) is 10.4 Å². The van der Waals surface area contributed by atoms with E-state index in [9.17, 15) is 13.2 Å². The molecule has 2 atom stereocenters. The van der Waals surface area contributed by atoms with Crippen molar-refractivity contribution in [1.29, 1.82) is 0 Å². The maximum absolute atomic E-state index is 12.9. The number of thiocarbonyl (C=S) groups is 1. The average molecular weight is 420 g/mol. The topological polar surface area (TPSA) is 58.5 Å². The Labute approximate surface area is 171 Å². The SMILES string of the molecule is CC1C=C(/C=N/NC(=S)NCc2ccccn2)OC1c1cccc(C(F)(F)F)c1. The van der Waals surface area contributed by atoms with Crippen LogP contribution in [0.5, 0.6) is 0 Å². The zero-order chi connectivity index (χ0) is 20.9. The predicted octanol–water partition coefficient (Wildman–Crippen LogP) is 4.34. The van der Waals surface area contributed by atoms with Crippen LogP contribution in [0.3, 0.4) is 0 Å². The first-order valence-electron chi connectivity index (χ1n) is 8.85. The monoisotopic (exact) mass is 420 g/mol. The highest BCUT2D eigenvalue weighted by Gasteiger charge is 2.33. The number of hydrogen-bond acceptors (Lipinski definition) is 4. The van der Waals surface area contributed by atoms with Crippen LogP contribution in [0.15, 0.2) is 65.6 Å². The van der Waals surface area contributed by atoms with Gasteiger partial charge < -0.3 is 10.1 Å². The number of hydrogen-bond donors (Lipinski definition) is 2. The third-order valence-corrected chi connectivity index (χ3v) is 4.46. The summed E-state index contributed by atoms with van der Waals surface area (Å²) in [6.07, 6.45) is 0.0434. The molecule has 0 amide bonds. The fourth-order valence-corrected chi connectivity index (χ4v) is 2.97. The molecule has 5 nitrogen and oxygen atoms in total. The first kappa shape index (κ1) is 20.8. The van der Waals surface area contributed by atoms with Crippen LogP contribution in [-0.2, 0) is 17.5 Å². The van der Waals surface area contributed by atoms with E-state index in [1.54, 1.807) is 18.3 Å². The van der Waals surface area contributed by atoms with Crippen molar-refractivity contribution < 1.29 is 17.9 Å². The van der Waals surface area contributed by atoms with E-state index in [2.05, 4.69) is 20.8 Å². The van der Waals surface area contributed by atoms with Crippen LogP contribution in [0, 0.1) is 5.92 Å². The summed E-state index contributed by atoms with van der Waals surface area (Å²) in [4.78, 5) is 4.17. The fourth-order valence-electron chi connectivity index (χ4n) is 2.84. The molecule has 1 aromatic heterocycles. The summed E-state index contributed by atoms with van der Waals surface area (Å²) < 4.78 is 44.6. The first-order valence-corrected chi connectivity index (χ1v) is 9.26. The molecular weight excluding hydrogens is 401 g/mol. The number of rotatable bonds is 5. The lowest BCUT2D eigenvalue weighted by Gasteiger charge is -2.18. The maximum Gasteiger partial charge on any atom is 0.416 e. The molecule has 152 valence electrons. The molecule has 0 fully saturated rings. The molecule has 2 aromatic rings. The molecule has 1 aromatic carbocycles. The van der Waals surface area contributed by atoms with Gasteiger partial charge in [0.1, 0.15) is 11.9 Å². The Kier molecular flexibility index (Phi) is 6.48. The molecule has 2 unspecified atom stereocenters. The maximum atomic E-state index is 12.9. The van der Waals surface area contributed by atoms with Gasteiger partial charge in [0.25, 0.3) is 0 Å². The van der Waals surface area contributed by atoms with E-state index in [0.717, 1.165) is 17.8 Å². The highest BCUT2D eigenvalue weighted by atomic mass is 32.1. The van der Waals surface area contributed by atoms with E-state index in [-0.39, 0.29) is 5.92 Å². The smallest absolute Gasteiger partial charge is 0.416 e. The van der Waals surface area contributed by atoms with Gasteiger partial charge in [-0.1, -0.05) is 25.1 Å². The minimum absolute atomic E-state index is 0.103. The molecule has 0 saturated heterocycles. The second-order valence-electron chi connectivity index (χ2n) is 6.46. The number of benzene rings is 1. The number of ether oxygens (including phenoxy) is 1. The largest absolute Gasteiger partial charge is 0.484 e. The lowest BCUT2D eigenvalue weighted by molar-refractivity contribution is -0.137. The van der Waals surface area contributed by atoms with Crippen LogP contribution >= 0.6 is 12.2 Å². The van der Waals surface area contributed by atoms with E-state index < -0.39 is 17.8 Å². The Morgan fingerprint density at radius 3 is 2.83 bits per heavy atom. The normalized spacial score (nSPS) is 19.0. The Bertz CT molecular complexity index is 915. The van der Waals surface area contributed by atoms with E-state index in [1.165, 1.54) is 12.3 Å². The van der Waals surface area contributed by atoms with Gasteiger partial charge in [0.05, 0.1) is 24.0 Å². The molecule has 0 aliphatic carbocycles. The zero-order valence-electron chi connectivity index (χ0n) is 15.5. The summed E-state index contributed by atoms with van der Waals surface area (Å²) in [5, 5.41) is 7.29. The number of hydrazone groups is 1. The van der Waals surface area contributed by atoms with Gasteiger partial charge in [-0.2, -0.15) is 18.3 Å². The van der Waals surface area contributed by atoms with Crippen LogP contribution in [0.2, 0.25) is 0 Å². The average Bonchev–Trinajstić information content (AvgIpc) is 3.07. The predicted molar refractivity (Wildman–Crippen MR) is 108 cm³/mol. The lowest BCUT2D eigenvalue weighted by atomic mass is 9.97. The minimum Gasteiger partial charge on any atom is -0.484 e. The van der Waals surface area contributed by atoms with Gasteiger partial charge in [-0.05, 0) is 48.1 Å². The van der Waals surface area contributed by atoms with Gasteiger partial charge in [0.15, 0.2) is 5.11 Å². The number of nitrogens with one attached hydrogen (secondary N) is 2. The summed E-state index contributed by atoms with van der Waals surface area (Å²) in [5.41, 5.74) is 3.27. The molecule has 0 saturated carbocycles. The van der Waals surface area contributed by atoms with E-state index >= 15 is 0 Å². The Hall–Kier alpha value is -2.94. The fraction of sp³-hybridized carbons (Fsp3) is 0.250. The van der Waals surface area contributed by atoms with Crippen LogP contribution in [0.1, 0.15) is 29.8 Å². The number of alkyl halides is 3. The number of halogens is 3. The Balaban J connectivity index is 1.53. The van der Waals surface area contributed by atoms with Gasteiger partial charge >= 0.3 is 6.18 Å². The van der Waals surface area contributed by atoms with Gasteiger partial charge in [0.2, 0.25) is 0 Å². The highest BCUT2D eigenvalue weighted by molar-refractivity contribution is 7.80. The summed E-state index contributed by atoms with van der Waals surface area (Å²) in [6, 6.07) is 10.7. The molecule has 29 heavy (non-hydrogen) atoms. The van der Waals surface area contributed by atoms with Crippen molar-refractivity contribution in [3.63, 3.8) is 0 Å². The summed E-state index contributed by atoms with van der Waals surface area (Å²) in [6.45, 7) is 2.33. The van der Waals surface area contributed by atoms with Crippen molar-refractivity contribution in [2.75, 3.05) is 0 Å². The third kappa shape index (κ3) is 5.77. The Morgan fingerprint density at radius 2 is 2.10 bits per heavy atom. The van der Waals surface area contributed by atoms with Crippen molar-refractivity contribution in [2.24, 2.45) is 11.0 Å². The van der Waals surface area contributed by atoms with Crippen molar-refractivity contribution in [1.82, 2.24) is 15.7 Å². The summed E-state index contributed by atoms with van der Waals surface area (Å²) in [5.74, 6) is 0.356. The summed E-state index contributed by atoms with van der Waals surface area (Å²) >= 11 is 5.13. The molecule has 2 N–H and O–H groups in total. The highest BCUT2D eigenvalue weighted by Crippen LogP contribution is 2.37. The molecule has 0 bridgehead atoms. The number of nitrogens with zero attached hydrogens (tertiary/aromatic N) is 2. The van der Waals surface area contributed by atoms with E-state index in [4.69, 9.17) is 17.0 Å². The molecule has 1 aliphatic heterocycles. The summed E-state index contributed by atoms with van der Waals surface area (Å²) in [7, 11) is 0. The molecule has 0 spiro atoms. The molecule has 2 heterocycles. The second kappa shape index (κ2) is 9.04. The van der Waals surface area contributed by atoms with Crippen molar-refractivity contribution >= 4 is 23.5 Å². The van der Waals surface area contributed by atoms with Crippen LogP contribution in [0.25, 0.3) is 0 Å². The molecule has 3 rings (SSSR count). The molecule has 0 radical (unpaired) electrons. The second-order valence-corrected chi connectivity index (χ2v) is 6.87. The van der Waals surface area contributed by atoms with E-state index in [0.29, 0.717) is 23.0 Å². The molecule has 9 heteroatoms. The standard InChI is InChI=1S/C20H19F3N4OS/c1-13-9-17(12-26-27-19(29)25-11-16-7-2-3-8-24-16)28-18(13)14-5-4-6-15(10-14)20(21,22)23/h2-10,12-13,18H,11H2,1H3,(H2,25,27,29)/b26-12+.